The third-order valence-electron chi connectivity index (χ3n) is 2.96. The van der Waals surface area contributed by atoms with E-state index in [1.165, 1.54) is 11.1 Å². The second-order valence-corrected chi connectivity index (χ2v) is 4.61. The zero-order valence-corrected chi connectivity index (χ0v) is 10.7. The van der Waals surface area contributed by atoms with Crippen molar-refractivity contribution in [1.29, 1.82) is 0 Å². The summed E-state index contributed by atoms with van der Waals surface area (Å²) < 4.78 is 1.81. The van der Waals surface area contributed by atoms with Gasteiger partial charge in [0.1, 0.15) is 0 Å². The van der Waals surface area contributed by atoms with Crippen LogP contribution in [0.5, 0.6) is 0 Å². The van der Waals surface area contributed by atoms with Gasteiger partial charge in [-0.25, -0.2) is 4.98 Å². The van der Waals surface area contributed by atoms with Crippen molar-refractivity contribution in [3.63, 3.8) is 0 Å². The van der Waals surface area contributed by atoms with E-state index in [1.54, 1.807) is 12.5 Å². The number of aromatic nitrogens is 2. The average Bonchev–Trinajstić information content (AvgIpc) is 2.84. The molecule has 2 rings (SSSR count). The molecule has 0 radical (unpaired) electrons. The van der Waals surface area contributed by atoms with Crippen molar-refractivity contribution < 1.29 is 4.79 Å². The van der Waals surface area contributed by atoms with Crippen molar-refractivity contribution in [2.75, 3.05) is 0 Å². The van der Waals surface area contributed by atoms with E-state index in [4.69, 9.17) is 0 Å². The third-order valence-corrected chi connectivity index (χ3v) is 2.96. The molecule has 2 aromatic rings. The van der Waals surface area contributed by atoms with Crippen LogP contribution in [0.4, 0.5) is 0 Å². The normalized spacial score (nSPS) is 10.5. The Kier molecular flexibility index (Phi) is 4.29. The number of hydrogen-bond acceptors (Lipinski definition) is 2. The Bertz CT molecular complexity index is 486. The number of imidazole rings is 1. The maximum atomic E-state index is 11.7. The molecule has 1 aromatic heterocycles. The Labute approximate surface area is 107 Å². The Morgan fingerprint density at radius 1 is 1.28 bits per heavy atom. The lowest BCUT2D eigenvalue weighted by Crippen LogP contribution is -2.08. The van der Waals surface area contributed by atoms with E-state index in [1.807, 2.05) is 10.8 Å². The van der Waals surface area contributed by atoms with Crippen molar-refractivity contribution in [1.82, 2.24) is 9.55 Å². The SMILES string of the molecule is Cc1ccc(CCCC(=O)Cn2ccnc2)cc1. The minimum atomic E-state index is 0.264. The molecule has 0 aliphatic rings. The molecule has 0 spiro atoms. The van der Waals surface area contributed by atoms with Gasteiger partial charge in [-0.1, -0.05) is 29.8 Å². The molecular weight excluding hydrogens is 224 g/mol. The maximum Gasteiger partial charge on any atom is 0.152 e. The van der Waals surface area contributed by atoms with Crippen molar-refractivity contribution in [2.24, 2.45) is 0 Å². The van der Waals surface area contributed by atoms with Crippen LogP contribution >= 0.6 is 0 Å². The summed E-state index contributed by atoms with van der Waals surface area (Å²) in [6.45, 7) is 2.52. The summed E-state index contributed by atoms with van der Waals surface area (Å²) in [5, 5.41) is 0. The highest BCUT2D eigenvalue weighted by molar-refractivity contribution is 5.78. The third kappa shape index (κ3) is 3.84. The van der Waals surface area contributed by atoms with Gasteiger partial charge in [-0.2, -0.15) is 0 Å². The van der Waals surface area contributed by atoms with E-state index in [2.05, 4.69) is 36.2 Å². The fraction of sp³-hybridized carbons (Fsp3) is 0.333. The molecule has 1 aromatic carbocycles. The summed E-state index contributed by atoms with van der Waals surface area (Å²) in [4.78, 5) is 15.6. The first-order chi connectivity index (χ1) is 8.74. The van der Waals surface area contributed by atoms with Crippen molar-refractivity contribution in [2.45, 2.75) is 32.7 Å². The highest BCUT2D eigenvalue weighted by atomic mass is 16.1. The van der Waals surface area contributed by atoms with Gasteiger partial charge in [0.25, 0.3) is 0 Å². The van der Waals surface area contributed by atoms with Crippen LogP contribution in [0.2, 0.25) is 0 Å². The van der Waals surface area contributed by atoms with Gasteiger partial charge in [-0.3, -0.25) is 4.79 Å². The largest absolute Gasteiger partial charge is 0.330 e. The van der Waals surface area contributed by atoms with Gasteiger partial charge >= 0.3 is 0 Å². The number of benzene rings is 1. The van der Waals surface area contributed by atoms with E-state index in [-0.39, 0.29) is 5.78 Å². The molecule has 1 heterocycles. The number of aryl methyl sites for hydroxylation is 2. The van der Waals surface area contributed by atoms with E-state index in [9.17, 15) is 4.79 Å². The molecular formula is C15H18N2O. The van der Waals surface area contributed by atoms with Gasteiger partial charge in [-0.15, -0.1) is 0 Å². The van der Waals surface area contributed by atoms with E-state index >= 15 is 0 Å². The molecule has 0 N–H and O–H groups in total. The van der Waals surface area contributed by atoms with Crippen LogP contribution in [0, 0.1) is 6.92 Å². The van der Waals surface area contributed by atoms with E-state index in [0.29, 0.717) is 13.0 Å². The van der Waals surface area contributed by atoms with Crippen molar-refractivity contribution in [3.8, 4) is 0 Å². The quantitative estimate of drug-likeness (QED) is 0.780. The zero-order chi connectivity index (χ0) is 12.8. The monoisotopic (exact) mass is 242 g/mol. The summed E-state index contributed by atoms with van der Waals surface area (Å²) in [5.41, 5.74) is 2.57. The molecule has 3 heteroatoms. The van der Waals surface area contributed by atoms with Crippen LogP contribution in [-0.2, 0) is 17.8 Å². The lowest BCUT2D eigenvalue weighted by atomic mass is 10.1. The molecule has 0 atom stereocenters. The van der Waals surface area contributed by atoms with Gasteiger partial charge in [0, 0.05) is 18.8 Å². The number of ketones is 1. The molecule has 94 valence electrons. The highest BCUT2D eigenvalue weighted by Crippen LogP contribution is 2.07. The van der Waals surface area contributed by atoms with Crippen LogP contribution in [0.3, 0.4) is 0 Å². The van der Waals surface area contributed by atoms with Crippen molar-refractivity contribution >= 4 is 5.78 Å². The summed E-state index contributed by atoms with van der Waals surface area (Å²) in [6, 6.07) is 8.50. The second kappa shape index (κ2) is 6.15. The van der Waals surface area contributed by atoms with E-state index in [0.717, 1.165) is 12.8 Å². The topological polar surface area (TPSA) is 34.9 Å². The van der Waals surface area contributed by atoms with Crippen molar-refractivity contribution in [3.05, 3.63) is 54.1 Å². The van der Waals surface area contributed by atoms with Crippen LogP contribution in [0.1, 0.15) is 24.0 Å². The van der Waals surface area contributed by atoms with Gasteiger partial charge in [-0.05, 0) is 25.3 Å². The Hall–Kier alpha value is -1.90. The molecule has 0 bridgehead atoms. The molecule has 0 aliphatic carbocycles. The molecule has 0 saturated carbocycles. The molecule has 0 aliphatic heterocycles. The Morgan fingerprint density at radius 3 is 2.72 bits per heavy atom. The summed E-state index contributed by atoms with van der Waals surface area (Å²) in [7, 11) is 0. The average molecular weight is 242 g/mol. The van der Waals surface area contributed by atoms with Crippen LogP contribution in [0.25, 0.3) is 0 Å². The number of nitrogens with zero attached hydrogens (tertiary/aromatic N) is 2. The number of carbonyl (C=O) groups is 1. The molecule has 0 amide bonds. The Balaban J connectivity index is 1.72. The van der Waals surface area contributed by atoms with Crippen LogP contribution < -0.4 is 0 Å². The van der Waals surface area contributed by atoms with Gasteiger partial charge in [0.2, 0.25) is 0 Å². The predicted octanol–water partition coefficient (Wildman–Crippen LogP) is 2.78. The summed E-state index contributed by atoms with van der Waals surface area (Å²) >= 11 is 0. The standard InChI is InChI=1S/C15H18N2O/c1-13-5-7-14(8-6-13)3-2-4-15(18)11-17-10-9-16-12-17/h5-10,12H,2-4,11H2,1H3. The smallest absolute Gasteiger partial charge is 0.152 e. The molecule has 0 unspecified atom stereocenters. The van der Waals surface area contributed by atoms with E-state index < -0.39 is 0 Å². The lowest BCUT2D eigenvalue weighted by Gasteiger charge is -2.03. The minimum Gasteiger partial charge on any atom is -0.330 e. The first kappa shape index (κ1) is 12.6. The van der Waals surface area contributed by atoms with Gasteiger partial charge in [0.05, 0.1) is 12.9 Å². The zero-order valence-electron chi connectivity index (χ0n) is 10.7. The molecule has 3 nitrogen and oxygen atoms in total. The fourth-order valence-corrected chi connectivity index (χ4v) is 1.91. The number of carbonyl (C=O) groups excluding carboxylic acids is 1. The second-order valence-electron chi connectivity index (χ2n) is 4.61. The molecule has 18 heavy (non-hydrogen) atoms. The van der Waals surface area contributed by atoms with Gasteiger partial charge in [0.15, 0.2) is 5.78 Å². The van der Waals surface area contributed by atoms with Crippen LogP contribution in [0.15, 0.2) is 43.0 Å². The first-order valence-electron chi connectivity index (χ1n) is 6.27. The predicted molar refractivity (Wildman–Crippen MR) is 71.4 cm³/mol. The fourth-order valence-electron chi connectivity index (χ4n) is 1.91. The molecule has 0 saturated heterocycles. The Morgan fingerprint density at radius 2 is 2.06 bits per heavy atom. The summed E-state index contributed by atoms with van der Waals surface area (Å²) in [5.74, 6) is 0.264. The van der Waals surface area contributed by atoms with Gasteiger partial charge < -0.3 is 4.57 Å². The maximum absolute atomic E-state index is 11.7. The number of rotatable bonds is 6. The highest BCUT2D eigenvalue weighted by Gasteiger charge is 2.03. The lowest BCUT2D eigenvalue weighted by molar-refractivity contribution is -0.119. The van der Waals surface area contributed by atoms with Crippen LogP contribution in [-0.4, -0.2) is 15.3 Å². The molecule has 0 fully saturated rings. The number of hydrogen-bond donors (Lipinski definition) is 0. The minimum absolute atomic E-state index is 0.264. The number of Topliss-reactive ketones (excluding diaryl/α,β-unsaturated/α-hetero) is 1. The summed E-state index contributed by atoms with van der Waals surface area (Å²) in [6.07, 6.45) is 7.70. The first-order valence-corrected chi connectivity index (χ1v) is 6.27.